The fourth-order valence-electron chi connectivity index (χ4n) is 3.77. The molecule has 0 bridgehead atoms. The summed E-state index contributed by atoms with van der Waals surface area (Å²) in [6.45, 7) is 1.25. The molecule has 5 aromatic rings. The number of ether oxygens (including phenoxy) is 1. The van der Waals surface area contributed by atoms with Crippen molar-refractivity contribution >= 4 is 45.6 Å². The van der Waals surface area contributed by atoms with E-state index in [0.29, 0.717) is 13.2 Å². The molecule has 4 aromatic carbocycles. The van der Waals surface area contributed by atoms with Crippen molar-refractivity contribution in [2.24, 2.45) is 0 Å². The maximum Gasteiger partial charge on any atom is 0.133 e. The molecule has 1 heterocycles. The Kier molecular flexibility index (Phi) is 5.42. The SMILES string of the molecule is Clc1ccc(/C=C/c2nc3ccccc3n2CCOc2cccc3ccccc23)cc1. The summed E-state index contributed by atoms with van der Waals surface area (Å²) < 4.78 is 8.39. The summed E-state index contributed by atoms with van der Waals surface area (Å²) in [6.07, 6.45) is 4.10. The molecule has 1 aromatic heterocycles. The zero-order valence-electron chi connectivity index (χ0n) is 16.9. The third-order valence-electron chi connectivity index (χ3n) is 5.30. The van der Waals surface area contributed by atoms with Crippen LogP contribution in [0.4, 0.5) is 0 Å². The first-order valence-electron chi connectivity index (χ1n) is 10.3. The molecule has 0 unspecified atom stereocenters. The molecular formula is C27H21ClN2O. The molecule has 4 heteroatoms. The molecule has 0 radical (unpaired) electrons. The molecule has 3 nitrogen and oxygen atoms in total. The summed E-state index contributed by atoms with van der Waals surface area (Å²) >= 11 is 6.00. The lowest BCUT2D eigenvalue weighted by atomic mass is 10.1. The van der Waals surface area contributed by atoms with Gasteiger partial charge in [-0.25, -0.2) is 4.98 Å². The Bertz CT molecular complexity index is 1360. The van der Waals surface area contributed by atoms with E-state index in [9.17, 15) is 0 Å². The normalized spacial score (nSPS) is 11.5. The fraction of sp³-hybridized carbons (Fsp3) is 0.0741. The highest BCUT2D eigenvalue weighted by Gasteiger charge is 2.09. The van der Waals surface area contributed by atoms with Crippen molar-refractivity contribution in [2.75, 3.05) is 6.61 Å². The van der Waals surface area contributed by atoms with E-state index >= 15 is 0 Å². The first-order valence-corrected chi connectivity index (χ1v) is 10.7. The van der Waals surface area contributed by atoms with Crippen LogP contribution in [0.15, 0.2) is 91.0 Å². The van der Waals surface area contributed by atoms with Gasteiger partial charge in [0.15, 0.2) is 0 Å². The minimum absolute atomic E-state index is 0.552. The summed E-state index contributed by atoms with van der Waals surface area (Å²) in [7, 11) is 0. The predicted molar refractivity (Wildman–Crippen MR) is 130 cm³/mol. The number of hydrogen-bond acceptors (Lipinski definition) is 2. The summed E-state index contributed by atoms with van der Waals surface area (Å²) in [4.78, 5) is 4.82. The van der Waals surface area contributed by atoms with Crippen molar-refractivity contribution in [3.05, 3.63) is 107 Å². The number of para-hydroxylation sites is 2. The van der Waals surface area contributed by atoms with Crippen molar-refractivity contribution < 1.29 is 4.74 Å². The van der Waals surface area contributed by atoms with Gasteiger partial charge in [-0.1, -0.05) is 78.3 Å². The Balaban J connectivity index is 1.40. The zero-order chi connectivity index (χ0) is 21.0. The molecular weight excluding hydrogens is 404 g/mol. The zero-order valence-corrected chi connectivity index (χ0v) is 17.7. The molecule has 0 amide bonds. The Morgan fingerprint density at radius 3 is 2.48 bits per heavy atom. The average Bonchev–Trinajstić information content (AvgIpc) is 3.16. The number of hydrogen-bond donors (Lipinski definition) is 0. The number of fused-ring (bicyclic) bond motifs is 2. The lowest BCUT2D eigenvalue weighted by Gasteiger charge is -2.11. The van der Waals surface area contributed by atoms with E-state index in [2.05, 4.69) is 34.9 Å². The quantitative estimate of drug-likeness (QED) is 0.291. The van der Waals surface area contributed by atoms with Crippen LogP contribution in [-0.4, -0.2) is 16.2 Å². The average molecular weight is 425 g/mol. The van der Waals surface area contributed by atoms with Crippen molar-refractivity contribution in [1.29, 1.82) is 0 Å². The Morgan fingerprint density at radius 1 is 0.806 bits per heavy atom. The predicted octanol–water partition coefficient (Wildman–Crippen LogP) is 7.09. The van der Waals surface area contributed by atoms with E-state index in [1.807, 2.05) is 72.8 Å². The van der Waals surface area contributed by atoms with Gasteiger partial charge in [-0.15, -0.1) is 0 Å². The van der Waals surface area contributed by atoms with Gasteiger partial charge in [-0.05, 0) is 47.4 Å². The fourth-order valence-corrected chi connectivity index (χ4v) is 3.90. The minimum Gasteiger partial charge on any atom is -0.491 e. The van der Waals surface area contributed by atoms with Crippen molar-refractivity contribution in [3.63, 3.8) is 0 Å². The number of aromatic nitrogens is 2. The molecule has 0 N–H and O–H groups in total. The second-order valence-corrected chi connectivity index (χ2v) is 7.76. The molecule has 0 aliphatic heterocycles. The highest BCUT2D eigenvalue weighted by Crippen LogP contribution is 2.25. The van der Waals surface area contributed by atoms with Crippen LogP contribution in [-0.2, 0) is 6.54 Å². The third-order valence-corrected chi connectivity index (χ3v) is 5.55. The van der Waals surface area contributed by atoms with Gasteiger partial charge in [0.1, 0.15) is 18.2 Å². The molecule has 0 aliphatic carbocycles. The maximum atomic E-state index is 6.19. The van der Waals surface area contributed by atoms with Crippen LogP contribution in [0.3, 0.4) is 0 Å². The van der Waals surface area contributed by atoms with Crippen LogP contribution in [0, 0.1) is 0 Å². The minimum atomic E-state index is 0.552. The van der Waals surface area contributed by atoms with Gasteiger partial charge >= 0.3 is 0 Å². The van der Waals surface area contributed by atoms with Crippen molar-refractivity contribution in [1.82, 2.24) is 9.55 Å². The summed E-state index contributed by atoms with van der Waals surface area (Å²) in [6, 6.07) is 30.4. The number of benzene rings is 4. The van der Waals surface area contributed by atoms with Crippen LogP contribution in [0.25, 0.3) is 34.0 Å². The van der Waals surface area contributed by atoms with E-state index < -0.39 is 0 Å². The van der Waals surface area contributed by atoms with E-state index in [0.717, 1.165) is 38.6 Å². The van der Waals surface area contributed by atoms with Gasteiger partial charge in [0.2, 0.25) is 0 Å². The number of halogens is 1. The van der Waals surface area contributed by atoms with Gasteiger partial charge in [0.25, 0.3) is 0 Å². The second kappa shape index (κ2) is 8.66. The van der Waals surface area contributed by atoms with Crippen molar-refractivity contribution in [2.45, 2.75) is 6.54 Å². The second-order valence-electron chi connectivity index (χ2n) is 7.32. The van der Waals surface area contributed by atoms with Crippen molar-refractivity contribution in [3.8, 4) is 5.75 Å². The topological polar surface area (TPSA) is 27.1 Å². The Hall–Kier alpha value is -3.56. The first-order chi connectivity index (χ1) is 15.3. The van der Waals surface area contributed by atoms with Gasteiger partial charge in [-0.2, -0.15) is 0 Å². The molecule has 0 atom stereocenters. The summed E-state index contributed by atoms with van der Waals surface area (Å²) in [5.41, 5.74) is 3.15. The van der Waals surface area contributed by atoms with Crippen LogP contribution < -0.4 is 4.74 Å². The van der Waals surface area contributed by atoms with Crippen LogP contribution in [0.5, 0.6) is 5.75 Å². The Morgan fingerprint density at radius 2 is 1.58 bits per heavy atom. The lowest BCUT2D eigenvalue weighted by molar-refractivity contribution is 0.303. The van der Waals surface area contributed by atoms with E-state index in [-0.39, 0.29) is 0 Å². The van der Waals surface area contributed by atoms with Gasteiger partial charge < -0.3 is 9.30 Å². The van der Waals surface area contributed by atoms with E-state index in [4.69, 9.17) is 21.3 Å². The van der Waals surface area contributed by atoms with Gasteiger partial charge in [0.05, 0.1) is 17.6 Å². The van der Waals surface area contributed by atoms with Gasteiger partial charge in [0, 0.05) is 10.4 Å². The standard InChI is InChI=1S/C27H21ClN2O/c28-22-15-12-20(13-16-22)14-17-27-29-24-9-3-4-10-25(24)30(27)18-19-31-26-11-5-7-21-6-1-2-8-23(21)26/h1-17H,18-19H2/b17-14+. The Labute approximate surface area is 186 Å². The monoisotopic (exact) mass is 424 g/mol. The van der Waals surface area contributed by atoms with E-state index in [1.165, 1.54) is 5.39 Å². The van der Waals surface area contributed by atoms with Crippen LogP contribution >= 0.6 is 11.6 Å². The largest absolute Gasteiger partial charge is 0.491 e. The lowest BCUT2D eigenvalue weighted by Crippen LogP contribution is -2.09. The first kappa shape index (κ1) is 19.4. The molecule has 0 aliphatic rings. The molecule has 0 fully saturated rings. The molecule has 0 saturated heterocycles. The summed E-state index contributed by atoms with van der Waals surface area (Å²) in [5.74, 6) is 1.80. The van der Waals surface area contributed by atoms with Crippen LogP contribution in [0.1, 0.15) is 11.4 Å². The maximum absolute atomic E-state index is 6.19. The molecule has 31 heavy (non-hydrogen) atoms. The number of nitrogens with zero attached hydrogens (tertiary/aromatic N) is 2. The van der Waals surface area contributed by atoms with E-state index in [1.54, 1.807) is 0 Å². The van der Waals surface area contributed by atoms with Gasteiger partial charge in [-0.3, -0.25) is 0 Å². The molecule has 0 saturated carbocycles. The molecule has 0 spiro atoms. The third kappa shape index (κ3) is 4.18. The smallest absolute Gasteiger partial charge is 0.133 e. The highest BCUT2D eigenvalue weighted by atomic mass is 35.5. The molecule has 152 valence electrons. The summed E-state index contributed by atoms with van der Waals surface area (Å²) in [5, 5.41) is 3.04. The number of rotatable bonds is 6. The van der Waals surface area contributed by atoms with Crippen LogP contribution in [0.2, 0.25) is 5.02 Å². The number of imidazole rings is 1. The molecule has 5 rings (SSSR count). The highest BCUT2D eigenvalue weighted by molar-refractivity contribution is 6.30.